The fourth-order valence-electron chi connectivity index (χ4n) is 1.70. The van der Waals surface area contributed by atoms with Crippen LogP contribution in [0.15, 0.2) is 18.2 Å². The zero-order valence-electron chi connectivity index (χ0n) is 10.9. The highest BCUT2D eigenvalue weighted by Gasteiger charge is 2.20. The third-order valence-electron chi connectivity index (χ3n) is 2.56. The van der Waals surface area contributed by atoms with Gasteiger partial charge >= 0.3 is 0 Å². The van der Waals surface area contributed by atoms with Crippen molar-refractivity contribution < 1.29 is 14.1 Å². The number of carbonyl (C=O) groups excluding carboxylic acids is 1. The third-order valence-corrected chi connectivity index (χ3v) is 2.56. The van der Waals surface area contributed by atoms with Crippen LogP contribution in [0.4, 0.5) is 15.8 Å². The van der Waals surface area contributed by atoms with E-state index in [1.165, 1.54) is 4.90 Å². The van der Waals surface area contributed by atoms with Gasteiger partial charge in [-0.25, -0.2) is 4.39 Å². The highest BCUT2D eigenvalue weighted by Crippen LogP contribution is 2.28. The molecule has 0 aliphatic carbocycles. The first-order valence-electron chi connectivity index (χ1n) is 5.95. The zero-order chi connectivity index (χ0) is 14.4. The summed E-state index contributed by atoms with van der Waals surface area (Å²) in [6.45, 7) is 4.31. The number of amides is 1. The number of hydrogen-bond donors (Lipinski definition) is 1. The molecule has 1 aromatic rings. The Morgan fingerprint density at radius 3 is 2.68 bits per heavy atom. The van der Waals surface area contributed by atoms with E-state index in [0.717, 1.165) is 18.2 Å². The molecule has 104 valence electrons. The number of halogens is 1. The van der Waals surface area contributed by atoms with Gasteiger partial charge in [0.05, 0.1) is 11.5 Å². The summed E-state index contributed by atoms with van der Waals surface area (Å²) >= 11 is 0. The topological polar surface area (TPSA) is 75.5 Å². The molecule has 7 heteroatoms. The highest BCUT2D eigenvalue weighted by atomic mass is 19.1. The van der Waals surface area contributed by atoms with Gasteiger partial charge in [-0.15, -0.1) is 0 Å². The Morgan fingerprint density at radius 2 is 2.16 bits per heavy atom. The summed E-state index contributed by atoms with van der Waals surface area (Å²) in [6.07, 6.45) is 0. The summed E-state index contributed by atoms with van der Waals surface area (Å²) in [5, 5.41) is 13.5. The summed E-state index contributed by atoms with van der Waals surface area (Å²) in [6, 6.07) is 3.20. The fourth-order valence-corrected chi connectivity index (χ4v) is 1.70. The Bertz CT molecular complexity index is 479. The van der Waals surface area contributed by atoms with Crippen LogP contribution in [-0.2, 0) is 4.79 Å². The fraction of sp³-hybridized carbons (Fsp3) is 0.417. The van der Waals surface area contributed by atoms with Gasteiger partial charge in [0, 0.05) is 25.2 Å². The molecule has 0 bridgehead atoms. The number of likely N-dealkylation sites (N-methyl/N-ethyl adjacent to an activating group) is 2. The number of nitrogens with zero attached hydrogens (tertiary/aromatic N) is 2. The molecule has 0 spiro atoms. The zero-order valence-corrected chi connectivity index (χ0v) is 10.9. The van der Waals surface area contributed by atoms with Gasteiger partial charge in [0.15, 0.2) is 0 Å². The second kappa shape index (κ2) is 6.67. The van der Waals surface area contributed by atoms with E-state index < -0.39 is 10.7 Å². The molecule has 0 atom stereocenters. The third kappa shape index (κ3) is 3.90. The van der Waals surface area contributed by atoms with Crippen LogP contribution < -0.4 is 10.2 Å². The molecule has 19 heavy (non-hydrogen) atoms. The van der Waals surface area contributed by atoms with E-state index in [-0.39, 0.29) is 23.8 Å². The lowest BCUT2D eigenvalue weighted by Gasteiger charge is -2.22. The van der Waals surface area contributed by atoms with Gasteiger partial charge in [0.2, 0.25) is 5.91 Å². The Balaban J connectivity index is 3.06. The Morgan fingerprint density at radius 1 is 1.47 bits per heavy atom. The first kappa shape index (κ1) is 14.9. The van der Waals surface area contributed by atoms with Crippen LogP contribution in [0.1, 0.15) is 13.8 Å². The monoisotopic (exact) mass is 269 g/mol. The summed E-state index contributed by atoms with van der Waals surface area (Å²) < 4.78 is 13.2. The maximum atomic E-state index is 13.2. The predicted molar refractivity (Wildman–Crippen MR) is 69.6 cm³/mol. The number of rotatable bonds is 6. The molecular weight excluding hydrogens is 253 g/mol. The number of nitrogens with one attached hydrogen (secondary N) is 1. The number of hydrogen-bond acceptors (Lipinski definition) is 4. The molecule has 0 unspecified atom stereocenters. The SMILES string of the molecule is CCNC(=O)CN(CC)c1cc(F)ccc1[N+](=O)[O-]. The quantitative estimate of drug-likeness (QED) is 0.630. The highest BCUT2D eigenvalue weighted by molar-refractivity contribution is 5.82. The smallest absolute Gasteiger partial charge is 0.292 e. The lowest BCUT2D eigenvalue weighted by molar-refractivity contribution is -0.384. The van der Waals surface area contributed by atoms with Gasteiger partial charge in [-0.3, -0.25) is 14.9 Å². The lowest BCUT2D eigenvalue weighted by atomic mass is 10.2. The first-order chi connectivity index (χ1) is 8.99. The summed E-state index contributed by atoms with van der Waals surface area (Å²) in [5.41, 5.74) is -0.105. The molecule has 1 rings (SSSR count). The van der Waals surface area contributed by atoms with Gasteiger partial charge < -0.3 is 10.2 Å². The van der Waals surface area contributed by atoms with E-state index in [2.05, 4.69) is 5.32 Å². The second-order valence-electron chi connectivity index (χ2n) is 3.86. The van der Waals surface area contributed by atoms with Gasteiger partial charge in [-0.2, -0.15) is 0 Å². The maximum Gasteiger partial charge on any atom is 0.292 e. The molecule has 0 aliphatic heterocycles. The number of carbonyl (C=O) groups is 1. The summed E-state index contributed by atoms with van der Waals surface area (Å²) in [4.78, 5) is 23.3. The van der Waals surface area contributed by atoms with Crippen molar-refractivity contribution in [3.63, 3.8) is 0 Å². The minimum absolute atomic E-state index is 0.0470. The van der Waals surface area contributed by atoms with E-state index in [4.69, 9.17) is 0 Å². The molecule has 1 amide bonds. The Kier molecular flexibility index (Phi) is 5.23. The van der Waals surface area contributed by atoms with E-state index in [1.807, 2.05) is 0 Å². The Hall–Kier alpha value is -2.18. The number of nitro benzene ring substituents is 1. The van der Waals surface area contributed by atoms with Gasteiger partial charge in [-0.1, -0.05) is 0 Å². The molecule has 0 heterocycles. The van der Waals surface area contributed by atoms with Crippen LogP contribution in [0, 0.1) is 15.9 Å². The summed E-state index contributed by atoms with van der Waals surface area (Å²) in [5.74, 6) is -0.835. The maximum absolute atomic E-state index is 13.2. The van der Waals surface area contributed by atoms with Crippen molar-refractivity contribution in [3.8, 4) is 0 Å². The van der Waals surface area contributed by atoms with Gasteiger partial charge in [0.25, 0.3) is 5.69 Å². The molecule has 0 saturated carbocycles. The Labute approximate surface area is 110 Å². The van der Waals surface area contributed by atoms with E-state index in [0.29, 0.717) is 13.1 Å². The predicted octanol–water partition coefficient (Wildman–Crippen LogP) is 1.70. The minimum atomic E-state index is -0.588. The van der Waals surface area contributed by atoms with Crippen LogP contribution in [0.2, 0.25) is 0 Å². The van der Waals surface area contributed by atoms with E-state index in [1.54, 1.807) is 13.8 Å². The van der Waals surface area contributed by atoms with Crippen molar-refractivity contribution in [2.45, 2.75) is 13.8 Å². The lowest BCUT2D eigenvalue weighted by Crippen LogP contribution is -2.37. The largest absolute Gasteiger partial charge is 0.357 e. The first-order valence-corrected chi connectivity index (χ1v) is 5.95. The second-order valence-corrected chi connectivity index (χ2v) is 3.86. The van der Waals surface area contributed by atoms with Crippen molar-refractivity contribution in [1.29, 1.82) is 0 Å². The number of anilines is 1. The average molecular weight is 269 g/mol. The number of nitro groups is 1. The summed E-state index contributed by atoms with van der Waals surface area (Å²) in [7, 11) is 0. The van der Waals surface area contributed by atoms with Crippen LogP contribution in [0.5, 0.6) is 0 Å². The molecule has 1 N–H and O–H groups in total. The standard InChI is InChI=1S/C12H16FN3O3/c1-3-14-12(17)8-15(4-2)11-7-9(13)5-6-10(11)16(18)19/h5-7H,3-4,8H2,1-2H3,(H,14,17). The van der Waals surface area contributed by atoms with Crippen molar-refractivity contribution in [1.82, 2.24) is 5.32 Å². The molecule has 0 aromatic heterocycles. The minimum Gasteiger partial charge on any atom is -0.357 e. The van der Waals surface area contributed by atoms with Crippen LogP contribution >= 0.6 is 0 Å². The molecule has 0 aliphatic rings. The van der Waals surface area contributed by atoms with Crippen molar-refractivity contribution in [3.05, 3.63) is 34.1 Å². The van der Waals surface area contributed by atoms with Crippen LogP contribution in [0.25, 0.3) is 0 Å². The van der Waals surface area contributed by atoms with Crippen LogP contribution in [0.3, 0.4) is 0 Å². The number of benzene rings is 1. The van der Waals surface area contributed by atoms with Crippen molar-refractivity contribution >= 4 is 17.3 Å². The van der Waals surface area contributed by atoms with E-state index in [9.17, 15) is 19.3 Å². The van der Waals surface area contributed by atoms with Gasteiger partial charge in [0.1, 0.15) is 11.5 Å². The van der Waals surface area contributed by atoms with Crippen LogP contribution in [-0.4, -0.2) is 30.5 Å². The molecule has 0 fully saturated rings. The van der Waals surface area contributed by atoms with Gasteiger partial charge in [-0.05, 0) is 19.9 Å². The molecule has 0 radical (unpaired) electrons. The normalized spacial score (nSPS) is 10.1. The van der Waals surface area contributed by atoms with E-state index >= 15 is 0 Å². The molecule has 1 aromatic carbocycles. The molecule has 0 saturated heterocycles. The molecular formula is C12H16FN3O3. The van der Waals surface area contributed by atoms with Crippen molar-refractivity contribution in [2.24, 2.45) is 0 Å². The molecule has 6 nitrogen and oxygen atoms in total. The average Bonchev–Trinajstić information content (AvgIpc) is 2.35. The van der Waals surface area contributed by atoms with Crippen molar-refractivity contribution in [2.75, 3.05) is 24.5 Å².